The van der Waals surface area contributed by atoms with Crippen molar-refractivity contribution >= 4 is 18.3 Å². The second-order valence-electron chi connectivity index (χ2n) is 3.16. The molecule has 0 atom stereocenters. The first kappa shape index (κ1) is 10.6. The van der Waals surface area contributed by atoms with Crippen molar-refractivity contribution in [1.82, 2.24) is 0 Å². The number of nitriles is 1. The van der Waals surface area contributed by atoms with Gasteiger partial charge in [-0.3, -0.25) is 0 Å². The van der Waals surface area contributed by atoms with Gasteiger partial charge in [0.2, 0.25) is 0 Å². The molecule has 0 aliphatic rings. The van der Waals surface area contributed by atoms with E-state index in [0.29, 0.717) is 11.0 Å². The van der Waals surface area contributed by atoms with Crippen LogP contribution in [0.15, 0.2) is 18.2 Å². The highest BCUT2D eigenvalue weighted by molar-refractivity contribution is 6.58. The molecule has 2 N–H and O–H groups in total. The Morgan fingerprint density at radius 3 is 2.43 bits per heavy atom. The zero-order chi connectivity index (χ0) is 10.7. The lowest BCUT2D eigenvalue weighted by Crippen LogP contribution is -2.30. The van der Waals surface area contributed by atoms with Crippen LogP contribution in [0, 0.1) is 11.3 Å². The van der Waals surface area contributed by atoms with Gasteiger partial charge in [-0.05, 0) is 17.6 Å². The van der Waals surface area contributed by atoms with Crippen LogP contribution in [0.4, 0.5) is 5.69 Å². The average Bonchev–Trinajstić information content (AvgIpc) is 2.16. The Morgan fingerprint density at radius 1 is 1.36 bits per heavy atom. The van der Waals surface area contributed by atoms with E-state index in [1.54, 1.807) is 17.0 Å². The number of anilines is 1. The molecule has 0 fully saturated rings. The largest absolute Gasteiger partial charge is 0.488 e. The van der Waals surface area contributed by atoms with Crippen LogP contribution in [0.1, 0.15) is 5.56 Å². The number of rotatable bonds is 2. The summed E-state index contributed by atoms with van der Waals surface area (Å²) in [5, 5.41) is 26.6. The third kappa shape index (κ3) is 2.05. The van der Waals surface area contributed by atoms with Crippen LogP contribution in [-0.4, -0.2) is 31.3 Å². The molecule has 0 aliphatic heterocycles. The lowest BCUT2D eigenvalue weighted by molar-refractivity contribution is 0.426. The zero-order valence-corrected chi connectivity index (χ0v) is 8.10. The maximum Gasteiger partial charge on any atom is 0.488 e. The maximum atomic E-state index is 8.91. The van der Waals surface area contributed by atoms with E-state index >= 15 is 0 Å². The van der Waals surface area contributed by atoms with Crippen molar-refractivity contribution in [1.29, 1.82) is 5.26 Å². The maximum absolute atomic E-state index is 8.91. The van der Waals surface area contributed by atoms with Gasteiger partial charge in [-0.15, -0.1) is 0 Å². The van der Waals surface area contributed by atoms with Gasteiger partial charge in [-0.2, -0.15) is 5.26 Å². The van der Waals surface area contributed by atoms with Gasteiger partial charge in [-0.25, -0.2) is 0 Å². The van der Waals surface area contributed by atoms with E-state index in [9.17, 15) is 0 Å². The van der Waals surface area contributed by atoms with Gasteiger partial charge < -0.3 is 14.9 Å². The third-order valence-corrected chi connectivity index (χ3v) is 1.92. The predicted molar refractivity (Wildman–Crippen MR) is 55.3 cm³/mol. The van der Waals surface area contributed by atoms with Crippen LogP contribution < -0.4 is 10.4 Å². The van der Waals surface area contributed by atoms with Crippen molar-refractivity contribution < 1.29 is 10.0 Å². The van der Waals surface area contributed by atoms with Crippen molar-refractivity contribution in [3.05, 3.63) is 23.8 Å². The summed E-state index contributed by atoms with van der Waals surface area (Å²) in [7, 11) is 2.12. The second-order valence-corrected chi connectivity index (χ2v) is 3.16. The number of benzene rings is 1. The van der Waals surface area contributed by atoms with Crippen LogP contribution in [0.2, 0.25) is 0 Å². The Morgan fingerprint density at radius 2 is 2.00 bits per heavy atom. The Kier molecular flexibility index (Phi) is 3.12. The molecular weight excluding hydrogens is 179 g/mol. The van der Waals surface area contributed by atoms with Gasteiger partial charge in [0.25, 0.3) is 0 Å². The van der Waals surface area contributed by atoms with Crippen molar-refractivity contribution in [2.24, 2.45) is 0 Å². The lowest BCUT2D eigenvalue weighted by atomic mass is 9.79. The lowest BCUT2D eigenvalue weighted by Gasteiger charge is -2.14. The Labute approximate surface area is 83.2 Å². The van der Waals surface area contributed by atoms with E-state index < -0.39 is 7.12 Å². The van der Waals surface area contributed by atoms with Gasteiger partial charge in [0.15, 0.2) is 0 Å². The summed E-state index contributed by atoms with van der Waals surface area (Å²) < 4.78 is 0. The summed E-state index contributed by atoms with van der Waals surface area (Å²) in [6.07, 6.45) is 0. The molecule has 0 radical (unpaired) electrons. The van der Waals surface area contributed by atoms with Gasteiger partial charge in [0.05, 0.1) is 11.3 Å². The molecule has 72 valence electrons. The minimum Gasteiger partial charge on any atom is -0.423 e. The summed E-state index contributed by atoms with van der Waals surface area (Å²) in [5.41, 5.74) is 1.52. The van der Waals surface area contributed by atoms with E-state index in [1.165, 1.54) is 6.07 Å². The molecule has 0 bridgehead atoms. The quantitative estimate of drug-likeness (QED) is 0.605. The molecule has 14 heavy (non-hydrogen) atoms. The summed E-state index contributed by atoms with van der Waals surface area (Å²) >= 11 is 0. The molecule has 0 heterocycles. The Hall–Kier alpha value is -1.51. The van der Waals surface area contributed by atoms with E-state index in [1.807, 2.05) is 20.2 Å². The van der Waals surface area contributed by atoms with E-state index in [-0.39, 0.29) is 0 Å². The van der Waals surface area contributed by atoms with E-state index in [2.05, 4.69) is 0 Å². The molecule has 0 aliphatic carbocycles. The predicted octanol–water partition coefficient (Wildman–Crippen LogP) is -0.696. The van der Waals surface area contributed by atoms with Crippen LogP contribution in [0.25, 0.3) is 0 Å². The first-order chi connectivity index (χ1) is 6.56. The zero-order valence-electron chi connectivity index (χ0n) is 8.10. The molecule has 0 amide bonds. The molecule has 1 aromatic carbocycles. The molecule has 5 heteroatoms. The van der Waals surface area contributed by atoms with Gasteiger partial charge >= 0.3 is 7.12 Å². The van der Waals surface area contributed by atoms with Crippen LogP contribution >= 0.6 is 0 Å². The fourth-order valence-electron chi connectivity index (χ4n) is 1.19. The fourth-order valence-corrected chi connectivity index (χ4v) is 1.19. The van der Waals surface area contributed by atoms with Gasteiger partial charge in [0.1, 0.15) is 6.07 Å². The second kappa shape index (κ2) is 4.14. The third-order valence-electron chi connectivity index (χ3n) is 1.92. The highest BCUT2D eigenvalue weighted by atomic mass is 16.4. The van der Waals surface area contributed by atoms with E-state index in [4.69, 9.17) is 15.3 Å². The molecule has 1 aromatic rings. The highest BCUT2D eigenvalue weighted by Crippen LogP contribution is 2.15. The molecular formula is C9H11BN2O2. The molecule has 1 rings (SSSR count). The van der Waals surface area contributed by atoms with Gasteiger partial charge in [-0.1, -0.05) is 6.07 Å². The average molecular weight is 190 g/mol. The molecule has 0 saturated heterocycles. The van der Waals surface area contributed by atoms with Gasteiger partial charge in [0, 0.05) is 14.1 Å². The van der Waals surface area contributed by atoms with E-state index in [0.717, 1.165) is 5.69 Å². The first-order valence-electron chi connectivity index (χ1n) is 4.13. The standard InChI is InChI=1S/C9H11BN2O2/c1-12(2)9-4-3-8(10(13)14)5-7(9)6-11/h3-5,13-14H,1-2H3. The SMILES string of the molecule is CN(C)c1ccc(B(O)O)cc1C#N. The smallest absolute Gasteiger partial charge is 0.423 e. The summed E-state index contributed by atoms with van der Waals surface area (Å²) in [4.78, 5) is 1.80. The molecule has 0 saturated carbocycles. The molecule has 0 spiro atoms. The number of nitrogens with zero attached hydrogens (tertiary/aromatic N) is 2. The normalized spacial score (nSPS) is 9.36. The minimum absolute atomic E-state index is 0.326. The first-order valence-corrected chi connectivity index (χ1v) is 4.13. The van der Waals surface area contributed by atoms with Crippen molar-refractivity contribution in [3.63, 3.8) is 0 Å². The van der Waals surface area contributed by atoms with Crippen molar-refractivity contribution in [2.75, 3.05) is 19.0 Å². The molecule has 0 aromatic heterocycles. The van der Waals surface area contributed by atoms with Crippen LogP contribution in [-0.2, 0) is 0 Å². The highest BCUT2D eigenvalue weighted by Gasteiger charge is 2.13. The fraction of sp³-hybridized carbons (Fsp3) is 0.222. The van der Waals surface area contributed by atoms with Crippen molar-refractivity contribution in [2.45, 2.75) is 0 Å². The topological polar surface area (TPSA) is 67.5 Å². The monoisotopic (exact) mass is 190 g/mol. The molecule has 0 unspecified atom stereocenters. The molecule has 4 nitrogen and oxygen atoms in total. The number of hydrogen-bond acceptors (Lipinski definition) is 4. The Bertz CT molecular complexity index is 372. The number of hydrogen-bond donors (Lipinski definition) is 2. The van der Waals surface area contributed by atoms with Crippen LogP contribution in [0.5, 0.6) is 0 Å². The minimum atomic E-state index is -1.53. The van der Waals surface area contributed by atoms with Crippen molar-refractivity contribution in [3.8, 4) is 6.07 Å². The summed E-state index contributed by atoms with van der Waals surface area (Å²) in [6.45, 7) is 0. The Balaban J connectivity index is 3.20. The summed E-state index contributed by atoms with van der Waals surface area (Å²) in [6, 6.07) is 6.75. The summed E-state index contributed by atoms with van der Waals surface area (Å²) in [5.74, 6) is 0. The van der Waals surface area contributed by atoms with Crippen LogP contribution in [0.3, 0.4) is 0 Å².